The zero-order chi connectivity index (χ0) is 12.8. The molecular weight excluding hydrogens is 212 g/mol. The van der Waals surface area contributed by atoms with Crippen molar-refractivity contribution in [2.45, 2.75) is 33.1 Å². The molecule has 0 aliphatic heterocycles. The molecule has 4 heteroatoms. The quantitative estimate of drug-likeness (QED) is 0.474. The summed E-state index contributed by atoms with van der Waals surface area (Å²) in [7, 11) is 0. The van der Waals surface area contributed by atoms with Crippen molar-refractivity contribution < 1.29 is 0 Å². The number of guanidine groups is 1. The molecule has 0 aliphatic rings. The number of hydrogen-bond donors (Lipinski definition) is 2. The van der Waals surface area contributed by atoms with Gasteiger partial charge in [0.15, 0.2) is 0 Å². The lowest BCUT2D eigenvalue weighted by Gasteiger charge is -2.09. The number of benzene rings is 1. The van der Waals surface area contributed by atoms with Crippen molar-refractivity contribution in [2.75, 3.05) is 0 Å². The molecule has 17 heavy (non-hydrogen) atoms. The van der Waals surface area contributed by atoms with Gasteiger partial charge in [0.1, 0.15) is 0 Å². The monoisotopic (exact) mass is 232 g/mol. The fraction of sp³-hybridized carbons (Fsp3) is 0.385. The zero-order valence-corrected chi connectivity index (χ0v) is 10.6. The Bertz CT molecular complexity index is 414. The summed E-state index contributed by atoms with van der Waals surface area (Å²) < 4.78 is 0. The summed E-state index contributed by atoms with van der Waals surface area (Å²) in [5.41, 5.74) is 13.6. The normalized spacial score (nSPS) is 13.2. The molecule has 4 nitrogen and oxygen atoms in total. The van der Waals surface area contributed by atoms with E-state index in [1.54, 1.807) is 0 Å². The fourth-order valence-corrected chi connectivity index (χ4v) is 1.48. The summed E-state index contributed by atoms with van der Waals surface area (Å²) in [4.78, 5) is 0. The Morgan fingerprint density at radius 2 is 1.76 bits per heavy atom. The summed E-state index contributed by atoms with van der Waals surface area (Å²) in [6.07, 6.45) is 1.14. The molecule has 0 aromatic heterocycles. The van der Waals surface area contributed by atoms with E-state index in [1.807, 2.05) is 19.1 Å². The summed E-state index contributed by atoms with van der Waals surface area (Å²) in [5, 5.41) is 7.58. The maximum atomic E-state index is 5.22. The van der Waals surface area contributed by atoms with Crippen LogP contribution >= 0.6 is 0 Å². The van der Waals surface area contributed by atoms with Gasteiger partial charge in [-0.1, -0.05) is 38.1 Å². The van der Waals surface area contributed by atoms with Crippen LogP contribution in [0.2, 0.25) is 0 Å². The van der Waals surface area contributed by atoms with E-state index >= 15 is 0 Å². The predicted octanol–water partition coefficient (Wildman–Crippen LogP) is 2.20. The lowest BCUT2D eigenvalue weighted by Crippen LogP contribution is -2.22. The minimum Gasteiger partial charge on any atom is -0.369 e. The van der Waals surface area contributed by atoms with Gasteiger partial charge < -0.3 is 11.5 Å². The third-order valence-corrected chi connectivity index (χ3v) is 2.83. The number of nitrogens with zero attached hydrogens (tertiary/aromatic N) is 2. The highest BCUT2D eigenvalue weighted by Gasteiger charge is 2.03. The highest BCUT2D eigenvalue weighted by molar-refractivity contribution is 5.99. The highest BCUT2D eigenvalue weighted by atomic mass is 15.3. The van der Waals surface area contributed by atoms with Crippen LogP contribution in [0.4, 0.5) is 0 Å². The van der Waals surface area contributed by atoms with E-state index in [-0.39, 0.29) is 5.96 Å². The number of rotatable bonds is 4. The standard InChI is InChI=1S/C13H20N4/c1-4-9(2)11-5-7-12(8-6-11)10(3)16-17-13(14)15/h5-9H,4H2,1-3H3,(H4,14,15,17). The van der Waals surface area contributed by atoms with Crippen molar-refractivity contribution >= 4 is 11.7 Å². The molecule has 0 heterocycles. The van der Waals surface area contributed by atoms with Gasteiger partial charge in [-0.25, -0.2) is 0 Å². The van der Waals surface area contributed by atoms with E-state index < -0.39 is 0 Å². The van der Waals surface area contributed by atoms with Gasteiger partial charge in [0.25, 0.3) is 0 Å². The van der Waals surface area contributed by atoms with Crippen molar-refractivity contribution in [1.82, 2.24) is 0 Å². The van der Waals surface area contributed by atoms with Crippen LogP contribution in [-0.4, -0.2) is 11.7 Å². The van der Waals surface area contributed by atoms with Crippen LogP contribution in [0.1, 0.15) is 44.2 Å². The molecule has 0 amide bonds. The van der Waals surface area contributed by atoms with Gasteiger partial charge in [0.2, 0.25) is 5.96 Å². The SMILES string of the molecule is CCC(C)c1ccc(C(C)=NN=C(N)N)cc1. The third-order valence-electron chi connectivity index (χ3n) is 2.83. The largest absolute Gasteiger partial charge is 0.369 e. The van der Waals surface area contributed by atoms with Crippen LogP contribution in [0.3, 0.4) is 0 Å². The Labute approximate surface area is 102 Å². The van der Waals surface area contributed by atoms with Crippen LogP contribution in [-0.2, 0) is 0 Å². The molecule has 1 atom stereocenters. The van der Waals surface area contributed by atoms with Crippen molar-refractivity contribution in [2.24, 2.45) is 21.7 Å². The molecule has 0 radical (unpaired) electrons. The van der Waals surface area contributed by atoms with E-state index in [2.05, 4.69) is 36.2 Å². The molecule has 0 spiro atoms. The Balaban J connectivity index is 2.87. The first-order chi connectivity index (χ1) is 8.04. The maximum Gasteiger partial charge on any atom is 0.211 e. The lowest BCUT2D eigenvalue weighted by atomic mass is 9.97. The molecule has 4 N–H and O–H groups in total. The molecule has 0 bridgehead atoms. The molecule has 0 fully saturated rings. The molecule has 1 rings (SSSR count). The van der Waals surface area contributed by atoms with Crippen LogP contribution in [0.25, 0.3) is 0 Å². The number of nitrogens with two attached hydrogens (primary N) is 2. The molecule has 0 saturated carbocycles. The second-order valence-electron chi connectivity index (χ2n) is 4.14. The average Bonchev–Trinajstić information content (AvgIpc) is 2.35. The van der Waals surface area contributed by atoms with Gasteiger partial charge in [-0.2, -0.15) is 5.10 Å². The fourth-order valence-electron chi connectivity index (χ4n) is 1.48. The van der Waals surface area contributed by atoms with E-state index in [1.165, 1.54) is 5.56 Å². The van der Waals surface area contributed by atoms with Crippen LogP contribution in [0.5, 0.6) is 0 Å². The van der Waals surface area contributed by atoms with E-state index in [0.717, 1.165) is 17.7 Å². The smallest absolute Gasteiger partial charge is 0.211 e. The summed E-state index contributed by atoms with van der Waals surface area (Å²) in [6, 6.07) is 8.33. The Hall–Kier alpha value is -1.84. The lowest BCUT2D eigenvalue weighted by molar-refractivity contribution is 0.733. The van der Waals surface area contributed by atoms with Crippen molar-refractivity contribution in [3.63, 3.8) is 0 Å². The van der Waals surface area contributed by atoms with Gasteiger partial charge >= 0.3 is 0 Å². The van der Waals surface area contributed by atoms with Crippen LogP contribution in [0, 0.1) is 0 Å². The highest BCUT2D eigenvalue weighted by Crippen LogP contribution is 2.18. The van der Waals surface area contributed by atoms with Crippen LogP contribution in [0.15, 0.2) is 34.5 Å². The van der Waals surface area contributed by atoms with Gasteiger partial charge in [-0.3, -0.25) is 0 Å². The van der Waals surface area contributed by atoms with Gasteiger partial charge in [-0.15, -0.1) is 5.10 Å². The third kappa shape index (κ3) is 3.90. The summed E-state index contributed by atoms with van der Waals surface area (Å²) in [5.74, 6) is 0.555. The van der Waals surface area contributed by atoms with Gasteiger partial charge in [0.05, 0.1) is 5.71 Å². The molecule has 1 aromatic carbocycles. The first-order valence-electron chi connectivity index (χ1n) is 5.78. The predicted molar refractivity (Wildman–Crippen MR) is 73.2 cm³/mol. The summed E-state index contributed by atoms with van der Waals surface area (Å²) >= 11 is 0. The topological polar surface area (TPSA) is 76.8 Å². The van der Waals surface area contributed by atoms with E-state index in [9.17, 15) is 0 Å². The molecule has 0 saturated heterocycles. The molecule has 1 unspecified atom stereocenters. The zero-order valence-electron chi connectivity index (χ0n) is 10.6. The average molecular weight is 232 g/mol. The van der Waals surface area contributed by atoms with Crippen molar-refractivity contribution in [1.29, 1.82) is 0 Å². The van der Waals surface area contributed by atoms with Crippen LogP contribution < -0.4 is 11.5 Å². The second kappa shape index (κ2) is 6.03. The molecular formula is C13H20N4. The van der Waals surface area contributed by atoms with Gasteiger partial charge in [0, 0.05) is 0 Å². The van der Waals surface area contributed by atoms with E-state index in [0.29, 0.717) is 5.92 Å². The Morgan fingerprint density at radius 3 is 2.24 bits per heavy atom. The Kier molecular flexibility index (Phi) is 4.69. The minimum atomic E-state index is -0.0272. The first-order valence-corrected chi connectivity index (χ1v) is 5.78. The first kappa shape index (κ1) is 13.2. The van der Waals surface area contributed by atoms with Gasteiger partial charge in [-0.05, 0) is 30.4 Å². The number of hydrogen-bond acceptors (Lipinski definition) is 2. The van der Waals surface area contributed by atoms with Crippen molar-refractivity contribution in [3.8, 4) is 0 Å². The van der Waals surface area contributed by atoms with Crippen molar-refractivity contribution in [3.05, 3.63) is 35.4 Å². The minimum absolute atomic E-state index is 0.0272. The molecule has 92 valence electrons. The molecule has 1 aromatic rings. The second-order valence-corrected chi connectivity index (χ2v) is 4.14. The Morgan fingerprint density at radius 1 is 1.18 bits per heavy atom. The van der Waals surface area contributed by atoms with E-state index in [4.69, 9.17) is 11.5 Å². The maximum absolute atomic E-state index is 5.22. The summed E-state index contributed by atoms with van der Waals surface area (Å²) in [6.45, 7) is 6.28. The molecule has 0 aliphatic carbocycles.